The molecule has 0 aliphatic rings. The first-order valence-electron chi connectivity index (χ1n) is 7.83. The first-order valence-corrected chi connectivity index (χ1v) is 8.91. The van der Waals surface area contributed by atoms with E-state index in [2.05, 4.69) is 33.1 Å². The van der Waals surface area contributed by atoms with E-state index in [1.54, 1.807) is 32.4 Å². The summed E-state index contributed by atoms with van der Waals surface area (Å²) in [7, 11) is 3.16. The number of benzene rings is 2. The predicted octanol–water partition coefficient (Wildman–Crippen LogP) is 3.89. The van der Waals surface area contributed by atoms with Crippen LogP contribution in [0.15, 0.2) is 53.1 Å². The normalized spacial score (nSPS) is 10.4. The molecule has 1 N–H and O–H groups in total. The molecule has 0 aliphatic heterocycles. The quantitative estimate of drug-likeness (QED) is 0.561. The highest BCUT2D eigenvalue weighted by Crippen LogP contribution is 2.32. The zero-order chi connectivity index (χ0) is 18.5. The lowest BCUT2D eigenvalue weighted by molar-refractivity contribution is 0.0949. The maximum absolute atomic E-state index is 12.3. The Labute approximate surface area is 164 Å². The van der Waals surface area contributed by atoms with Crippen LogP contribution in [0.2, 0.25) is 0 Å². The minimum atomic E-state index is -0.148. The summed E-state index contributed by atoms with van der Waals surface area (Å²) in [6.07, 6.45) is 0. The van der Waals surface area contributed by atoms with Crippen LogP contribution in [0.1, 0.15) is 16.1 Å². The van der Waals surface area contributed by atoms with Crippen LogP contribution in [0.5, 0.6) is 11.5 Å². The molecular weight excluding hydrogens is 447 g/mol. The van der Waals surface area contributed by atoms with Gasteiger partial charge >= 0.3 is 0 Å². The van der Waals surface area contributed by atoms with Crippen LogP contribution in [0.4, 0.5) is 0 Å². The third kappa shape index (κ3) is 3.98. The Morgan fingerprint density at radius 2 is 1.88 bits per heavy atom. The maximum atomic E-state index is 12.3. The molecule has 1 aromatic heterocycles. The Hall–Kier alpha value is -2.55. The molecule has 0 saturated carbocycles. The fourth-order valence-corrected chi connectivity index (χ4v) is 3.06. The molecule has 0 aliphatic carbocycles. The second kappa shape index (κ2) is 8.22. The van der Waals surface area contributed by atoms with Gasteiger partial charge in [-0.05, 0) is 52.9 Å². The lowest BCUT2D eigenvalue weighted by atomic mass is 10.1. The van der Waals surface area contributed by atoms with E-state index in [0.29, 0.717) is 28.5 Å². The fraction of sp³-hybridized carbons (Fsp3) is 0.158. The summed E-state index contributed by atoms with van der Waals surface area (Å²) in [5.41, 5.74) is 2.08. The average molecular weight is 464 g/mol. The van der Waals surface area contributed by atoms with Gasteiger partial charge in [0.15, 0.2) is 17.3 Å². The Balaban J connectivity index is 1.70. The van der Waals surface area contributed by atoms with E-state index in [1.807, 2.05) is 30.3 Å². The van der Waals surface area contributed by atoms with Crippen molar-refractivity contribution in [2.45, 2.75) is 6.54 Å². The number of ether oxygens (including phenoxy) is 2. The summed E-state index contributed by atoms with van der Waals surface area (Å²) in [5, 5.41) is 6.87. The van der Waals surface area contributed by atoms with Gasteiger partial charge in [0, 0.05) is 15.2 Å². The minimum absolute atomic E-state index is 0.148. The molecule has 3 rings (SSSR count). The van der Waals surface area contributed by atoms with Crippen LogP contribution in [-0.2, 0) is 6.54 Å². The van der Waals surface area contributed by atoms with Crippen molar-refractivity contribution in [1.29, 1.82) is 0 Å². The smallest absolute Gasteiger partial charge is 0.252 e. The molecule has 6 nitrogen and oxygen atoms in total. The molecule has 0 fully saturated rings. The summed E-state index contributed by atoms with van der Waals surface area (Å²) in [6.45, 7) is 0.278. The van der Waals surface area contributed by atoms with E-state index in [-0.39, 0.29) is 12.5 Å². The highest BCUT2D eigenvalue weighted by molar-refractivity contribution is 14.1. The van der Waals surface area contributed by atoms with Crippen molar-refractivity contribution in [3.05, 3.63) is 63.4 Å². The number of hydrogen-bond acceptors (Lipinski definition) is 5. The number of carbonyl (C=O) groups is 1. The van der Waals surface area contributed by atoms with E-state index in [4.69, 9.17) is 14.0 Å². The molecule has 0 bridgehead atoms. The van der Waals surface area contributed by atoms with Gasteiger partial charge < -0.3 is 19.3 Å². The van der Waals surface area contributed by atoms with E-state index >= 15 is 0 Å². The van der Waals surface area contributed by atoms with Gasteiger partial charge in [-0.25, -0.2) is 0 Å². The Bertz CT molecular complexity index is 923. The first kappa shape index (κ1) is 18.2. The summed E-state index contributed by atoms with van der Waals surface area (Å²) < 4.78 is 16.8. The Morgan fingerprint density at radius 1 is 1.12 bits per heavy atom. The molecule has 0 saturated heterocycles. The molecular formula is C19H17IN2O4. The molecule has 0 atom stereocenters. The van der Waals surface area contributed by atoms with E-state index in [1.165, 1.54) is 0 Å². The van der Waals surface area contributed by atoms with E-state index in [0.717, 1.165) is 9.13 Å². The van der Waals surface area contributed by atoms with Crippen molar-refractivity contribution in [2.24, 2.45) is 0 Å². The molecule has 0 unspecified atom stereocenters. The molecule has 26 heavy (non-hydrogen) atoms. The van der Waals surface area contributed by atoms with Crippen molar-refractivity contribution in [1.82, 2.24) is 10.5 Å². The van der Waals surface area contributed by atoms with Gasteiger partial charge in [-0.15, -0.1) is 0 Å². The maximum Gasteiger partial charge on any atom is 0.252 e. The summed E-state index contributed by atoms with van der Waals surface area (Å²) in [4.78, 5) is 12.3. The second-order valence-corrected chi connectivity index (χ2v) is 6.58. The van der Waals surface area contributed by atoms with Crippen molar-refractivity contribution in [3.63, 3.8) is 0 Å². The van der Waals surface area contributed by atoms with Crippen LogP contribution >= 0.6 is 22.6 Å². The zero-order valence-corrected chi connectivity index (χ0v) is 16.4. The van der Waals surface area contributed by atoms with Crippen LogP contribution in [-0.4, -0.2) is 25.3 Å². The zero-order valence-electron chi connectivity index (χ0n) is 14.3. The SMILES string of the molecule is COc1ccc(-c2cc(CNC(=O)c3ccccc3I)no2)cc1OC. The molecule has 0 radical (unpaired) electrons. The van der Waals surface area contributed by atoms with Crippen LogP contribution in [0.3, 0.4) is 0 Å². The number of amides is 1. The Kier molecular flexibility index (Phi) is 5.77. The van der Waals surface area contributed by atoms with Crippen molar-refractivity contribution in [2.75, 3.05) is 14.2 Å². The number of methoxy groups -OCH3 is 2. The predicted molar refractivity (Wildman–Crippen MR) is 105 cm³/mol. The summed E-state index contributed by atoms with van der Waals surface area (Å²) in [6, 6.07) is 14.7. The topological polar surface area (TPSA) is 73.6 Å². The van der Waals surface area contributed by atoms with Crippen LogP contribution in [0.25, 0.3) is 11.3 Å². The van der Waals surface area contributed by atoms with Gasteiger partial charge in [-0.2, -0.15) is 0 Å². The lowest BCUT2D eigenvalue weighted by Crippen LogP contribution is -2.23. The van der Waals surface area contributed by atoms with Gasteiger partial charge in [0.25, 0.3) is 5.91 Å². The largest absolute Gasteiger partial charge is 0.493 e. The second-order valence-electron chi connectivity index (χ2n) is 5.41. The fourth-order valence-electron chi connectivity index (χ4n) is 2.43. The van der Waals surface area contributed by atoms with Gasteiger partial charge in [0.1, 0.15) is 5.69 Å². The molecule has 2 aromatic carbocycles. The minimum Gasteiger partial charge on any atom is -0.493 e. The van der Waals surface area contributed by atoms with E-state index < -0.39 is 0 Å². The van der Waals surface area contributed by atoms with Gasteiger partial charge in [-0.1, -0.05) is 17.3 Å². The van der Waals surface area contributed by atoms with Crippen LogP contribution in [0, 0.1) is 3.57 Å². The third-order valence-corrected chi connectivity index (χ3v) is 4.72. The Morgan fingerprint density at radius 3 is 2.62 bits per heavy atom. The highest BCUT2D eigenvalue weighted by atomic mass is 127. The number of carbonyl (C=O) groups excluding carboxylic acids is 1. The highest BCUT2D eigenvalue weighted by Gasteiger charge is 2.13. The number of nitrogens with one attached hydrogen (secondary N) is 1. The molecule has 134 valence electrons. The first-order chi connectivity index (χ1) is 12.6. The molecule has 7 heteroatoms. The number of rotatable bonds is 6. The molecule has 1 heterocycles. The van der Waals surface area contributed by atoms with Gasteiger partial charge in [0.05, 0.1) is 26.3 Å². The van der Waals surface area contributed by atoms with Gasteiger partial charge in [0.2, 0.25) is 0 Å². The van der Waals surface area contributed by atoms with Crippen molar-refractivity contribution < 1.29 is 18.8 Å². The number of aromatic nitrogens is 1. The molecule has 3 aromatic rings. The number of halogens is 1. The number of hydrogen-bond donors (Lipinski definition) is 1. The third-order valence-electron chi connectivity index (χ3n) is 3.78. The standard InChI is InChI=1S/C19H17IN2O4/c1-24-16-8-7-12(9-18(16)25-2)17-10-13(22-26-17)11-21-19(23)14-5-3-4-6-15(14)20/h3-10H,11H2,1-2H3,(H,21,23). The summed E-state index contributed by atoms with van der Waals surface area (Å²) >= 11 is 2.14. The van der Waals surface area contributed by atoms with Crippen molar-refractivity contribution >= 4 is 28.5 Å². The lowest BCUT2D eigenvalue weighted by Gasteiger charge is -2.07. The monoisotopic (exact) mass is 464 g/mol. The van der Waals surface area contributed by atoms with E-state index in [9.17, 15) is 4.79 Å². The van der Waals surface area contributed by atoms with Crippen molar-refractivity contribution in [3.8, 4) is 22.8 Å². The summed E-state index contributed by atoms with van der Waals surface area (Å²) in [5.74, 6) is 1.69. The molecule has 1 amide bonds. The van der Waals surface area contributed by atoms with Gasteiger partial charge in [-0.3, -0.25) is 4.79 Å². The average Bonchev–Trinajstić information content (AvgIpc) is 3.15. The van der Waals surface area contributed by atoms with Crippen LogP contribution < -0.4 is 14.8 Å². The number of nitrogens with zero attached hydrogens (tertiary/aromatic N) is 1. The molecule has 0 spiro atoms.